The standard InChI is InChI=1S/C16H11ClF3N2O7P/c17-11-5-8(16(18,19)20)1-4-14(11)28-9-2-3-13(22(23)24)10(6-9)12-7-15(29-21-12)30(25,26)27/h1-6,15H,7H2,(H2,25,26,27). The summed E-state index contributed by atoms with van der Waals surface area (Å²) in [7, 11) is -4.65. The summed E-state index contributed by atoms with van der Waals surface area (Å²) >= 11 is 5.84. The normalized spacial score (nSPS) is 16.7. The molecule has 1 aliphatic rings. The van der Waals surface area contributed by atoms with Crippen molar-refractivity contribution in [3.63, 3.8) is 0 Å². The minimum absolute atomic E-state index is 0.0282. The van der Waals surface area contributed by atoms with Gasteiger partial charge in [0.05, 0.1) is 26.8 Å². The van der Waals surface area contributed by atoms with Crippen LogP contribution in [0.15, 0.2) is 41.6 Å². The Morgan fingerprint density at radius 3 is 2.50 bits per heavy atom. The van der Waals surface area contributed by atoms with Crippen molar-refractivity contribution in [2.24, 2.45) is 5.16 Å². The second-order valence-electron chi connectivity index (χ2n) is 6.07. The Bertz CT molecular complexity index is 1090. The number of rotatable bonds is 5. The van der Waals surface area contributed by atoms with E-state index in [-0.39, 0.29) is 27.8 Å². The van der Waals surface area contributed by atoms with Crippen molar-refractivity contribution in [1.29, 1.82) is 0 Å². The third-order valence-electron chi connectivity index (χ3n) is 3.99. The lowest BCUT2D eigenvalue weighted by molar-refractivity contribution is -0.385. The van der Waals surface area contributed by atoms with Crippen LogP contribution >= 0.6 is 19.2 Å². The molecule has 0 saturated heterocycles. The van der Waals surface area contributed by atoms with Crippen LogP contribution in [0.5, 0.6) is 11.5 Å². The maximum absolute atomic E-state index is 12.7. The Morgan fingerprint density at radius 1 is 1.27 bits per heavy atom. The molecular weight excluding hydrogens is 456 g/mol. The molecule has 2 aromatic rings. The molecule has 2 aromatic carbocycles. The average molecular weight is 467 g/mol. The number of alkyl halides is 3. The summed E-state index contributed by atoms with van der Waals surface area (Å²) in [5, 5.41) is 14.5. The second kappa shape index (κ2) is 7.88. The molecule has 30 heavy (non-hydrogen) atoms. The van der Waals surface area contributed by atoms with Crippen molar-refractivity contribution in [3.8, 4) is 11.5 Å². The van der Waals surface area contributed by atoms with E-state index in [1.807, 2.05) is 0 Å². The van der Waals surface area contributed by atoms with Gasteiger partial charge >= 0.3 is 13.8 Å². The van der Waals surface area contributed by atoms with Gasteiger partial charge in [0.15, 0.2) is 0 Å². The number of nitro benzene ring substituents is 1. The largest absolute Gasteiger partial charge is 0.456 e. The third-order valence-corrected chi connectivity index (χ3v) is 5.31. The molecular formula is C16H11ClF3N2O7P. The summed E-state index contributed by atoms with van der Waals surface area (Å²) in [6.45, 7) is 0. The molecule has 0 spiro atoms. The van der Waals surface area contributed by atoms with E-state index in [1.165, 1.54) is 6.07 Å². The van der Waals surface area contributed by atoms with E-state index >= 15 is 0 Å². The summed E-state index contributed by atoms with van der Waals surface area (Å²) in [5.74, 6) is -1.75. The van der Waals surface area contributed by atoms with Gasteiger partial charge in [-0.1, -0.05) is 16.8 Å². The van der Waals surface area contributed by atoms with E-state index in [0.717, 1.165) is 24.3 Å². The number of benzene rings is 2. The van der Waals surface area contributed by atoms with Crippen LogP contribution in [-0.4, -0.2) is 26.3 Å². The molecule has 0 fully saturated rings. The molecule has 14 heteroatoms. The summed E-state index contributed by atoms with van der Waals surface area (Å²) in [4.78, 5) is 33.6. The van der Waals surface area contributed by atoms with Crippen LogP contribution in [0, 0.1) is 10.1 Å². The monoisotopic (exact) mass is 466 g/mol. The van der Waals surface area contributed by atoms with E-state index in [0.29, 0.717) is 6.07 Å². The van der Waals surface area contributed by atoms with Gasteiger partial charge in [0.1, 0.15) is 11.5 Å². The predicted octanol–water partition coefficient (Wildman–Crippen LogP) is 4.69. The SMILES string of the molecule is O=[N+]([O-])c1ccc(Oc2ccc(C(F)(F)F)cc2Cl)cc1C1=NOC(P(=O)(O)O)C1. The van der Waals surface area contributed by atoms with Gasteiger partial charge < -0.3 is 19.4 Å². The van der Waals surface area contributed by atoms with E-state index in [4.69, 9.17) is 16.3 Å². The minimum Gasteiger partial charge on any atom is -0.456 e. The number of hydrogen-bond acceptors (Lipinski definition) is 6. The Morgan fingerprint density at radius 2 is 1.97 bits per heavy atom. The van der Waals surface area contributed by atoms with E-state index in [2.05, 4.69) is 9.99 Å². The average Bonchev–Trinajstić information content (AvgIpc) is 3.12. The summed E-state index contributed by atoms with van der Waals surface area (Å²) in [6.07, 6.45) is -4.99. The maximum Gasteiger partial charge on any atom is 0.416 e. The predicted molar refractivity (Wildman–Crippen MR) is 97.7 cm³/mol. The van der Waals surface area contributed by atoms with E-state index in [9.17, 15) is 37.6 Å². The highest BCUT2D eigenvalue weighted by atomic mass is 35.5. The molecule has 0 aromatic heterocycles. The van der Waals surface area contributed by atoms with Gasteiger partial charge in [0.2, 0.25) is 5.85 Å². The van der Waals surface area contributed by atoms with E-state index < -0.39 is 42.2 Å². The Balaban J connectivity index is 1.92. The summed E-state index contributed by atoms with van der Waals surface area (Å²) in [6, 6.07) is 5.81. The fourth-order valence-corrected chi connectivity index (χ4v) is 3.36. The first kappa shape index (κ1) is 22.0. The third kappa shape index (κ3) is 4.73. The Kier molecular flexibility index (Phi) is 5.79. The van der Waals surface area contributed by atoms with Crippen LogP contribution < -0.4 is 4.74 Å². The first-order chi connectivity index (χ1) is 13.9. The zero-order valence-corrected chi connectivity index (χ0v) is 16.2. The van der Waals surface area contributed by atoms with Crippen molar-refractivity contribution in [2.75, 3.05) is 0 Å². The fraction of sp³-hybridized carbons (Fsp3) is 0.188. The first-order valence-corrected chi connectivity index (χ1v) is 10.0. The molecule has 1 unspecified atom stereocenters. The molecule has 0 radical (unpaired) electrons. The van der Waals surface area contributed by atoms with Gasteiger partial charge in [-0.05, 0) is 30.3 Å². The van der Waals surface area contributed by atoms with Gasteiger partial charge in [-0.3, -0.25) is 14.7 Å². The molecule has 0 amide bonds. The maximum atomic E-state index is 12.7. The number of oxime groups is 1. The van der Waals surface area contributed by atoms with Crippen molar-refractivity contribution < 1.29 is 42.0 Å². The molecule has 2 N–H and O–H groups in total. The number of hydrogen-bond donors (Lipinski definition) is 2. The van der Waals surface area contributed by atoms with Crippen molar-refractivity contribution in [2.45, 2.75) is 18.4 Å². The Hall–Kier alpha value is -2.66. The fourth-order valence-electron chi connectivity index (χ4n) is 2.56. The first-order valence-electron chi connectivity index (χ1n) is 7.97. The molecule has 3 rings (SSSR count). The molecule has 1 aliphatic heterocycles. The van der Waals surface area contributed by atoms with Crippen LogP contribution in [-0.2, 0) is 15.6 Å². The highest BCUT2D eigenvalue weighted by Gasteiger charge is 2.38. The lowest BCUT2D eigenvalue weighted by Gasteiger charge is -2.12. The van der Waals surface area contributed by atoms with Gasteiger partial charge in [0, 0.05) is 12.5 Å². The van der Waals surface area contributed by atoms with Crippen LogP contribution in [0.4, 0.5) is 18.9 Å². The highest BCUT2D eigenvalue weighted by molar-refractivity contribution is 7.52. The lowest BCUT2D eigenvalue weighted by Crippen LogP contribution is -2.10. The lowest BCUT2D eigenvalue weighted by atomic mass is 10.1. The smallest absolute Gasteiger partial charge is 0.416 e. The molecule has 9 nitrogen and oxygen atoms in total. The van der Waals surface area contributed by atoms with Gasteiger partial charge in [-0.25, -0.2) is 0 Å². The van der Waals surface area contributed by atoms with E-state index in [1.54, 1.807) is 0 Å². The minimum atomic E-state index is -4.65. The molecule has 0 bridgehead atoms. The Labute approximate surface area is 171 Å². The molecule has 0 saturated carbocycles. The highest BCUT2D eigenvalue weighted by Crippen LogP contribution is 2.47. The summed E-state index contributed by atoms with van der Waals surface area (Å²) in [5.41, 5.74) is -1.64. The molecule has 160 valence electrons. The second-order valence-corrected chi connectivity index (χ2v) is 8.23. The zero-order chi connectivity index (χ0) is 22.3. The van der Waals surface area contributed by atoms with Crippen LogP contribution in [0.2, 0.25) is 5.02 Å². The number of nitro groups is 1. The van der Waals surface area contributed by atoms with Crippen LogP contribution in [0.25, 0.3) is 0 Å². The van der Waals surface area contributed by atoms with Gasteiger partial charge in [-0.2, -0.15) is 13.2 Å². The molecule has 0 aliphatic carbocycles. The summed E-state index contributed by atoms with van der Waals surface area (Å²) < 4.78 is 55.0. The zero-order valence-electron chi connectivity index (χ0n) is 14.5. The van der Waals surface area contributed by atoms with Crippen molar-refractivity contribution in [1.82, 2.24) is 0 Å². The quantitative estimate of drug-likeness (QED) is 0.371. The van der Waals surface area contributed by atoms with Crippen molar-refractivity contribution in [3.05, 3.63) is 62.7 Å². The number of halogens is 4. The number of nitrogens with zero attached hydrogens (tertiary/aromatic N) is 2. The van der Waals surface area contributed by atoms with Gasteiger partial charge in [-0.15, -0.1) is 0 Å². The van der Waals surface area contributed by atoms with Crippen LogP contribution in [0.3, 0.4) is 0 Å². The van der Waals surface area contributed by atoms with Gasteiger partial charge in [0.25, 0.3) is 5.69 Å². The molecule has 1 atom stereocenters. The topological polar surface area (TPSA) is 131 Å². The van der Waals surface area contributed by atoms with Crippen molar-refractivity contribution >= 4 is 30.6 Å². The molecule has 1 heterocycles. The van der Waals surface area contributed by atoms with Crippen LogP contribution in [0.1, 0.15) is 17.5 Å². The number of ether oxygens (including phenoxy) is 1.